The number of ether oxygens (including phenoxy) is 3. The van der Waals surface area contributed by atoms with Crippen LogP contribution in [0.4, 0.5) is 13.2 Å². The number of hydrogen-bond donors (Lipinski definition) is 1. The van der Waals surface area contributed by atoms with E-state index in [1.165, 1.54) is 25.3 Å². The molecule has 2 aliphatic heterocycles. The Labute approximate surface area is 256 Å². The molecule has 1 N–H and O–H groups in total. The fourth-order valence-corrected chi connectivity index (χ4v) is 6.06. The van der Waals surface area contributed by atoms with Crippen LogP contribution in [0, 0.1) is 0 Å². The first-order valence-electron chi connectivity index (χ1n) is 14.3. The van der Waals surface area contributed by atoms with Gasteiger partial charge in [0, 0.05) is 29.8 Å². The van der Waals surface area contributed by atoms with E-state index < -0.39 is 17.7 Å². The van der Waals surface area contributed by atoms with Crippen molar-refractivity contribution in [2.75, 3.05) is 20.3 Å². The molecule has 0 radical (unpaired) electrons. The predicted octanol–water partition coefficient (Wildman–Crippen LogP) is 6.90. The van der Waals surface area contributed by atoms with E-state index >= 15 is 0 Å². The molecule has 232 valence electrons. The van der Waals surface area contributed by atoms with E-state index in [9.17, 15) is 23.1 Å². The smallest absolute Gasteiger partial charge is 0.419 e. The van der Waals surface area contributed by atoms with E-state index in [1.807, 2.05) is 11.5 Å². The summed E-state index contributed by atoms with van der Waals surface area (Å²) in [5.74, 6) is -0.105. The Kier molecular flexibility index (Phi) is 8.21. The fraction of sp³-hybridized carbons (Fsp3) is 0.375. The van der Waals surface area contributed by atoms with Gasteiger partial charge in [0.25, 0.3) is 0 Å². The van der Waals surface area contributed by atoms with Crippen LogP contribution in [0.1, 0.15) is 57.8 Å². The van der Waals surface area contributed by atoms with Crippen LogP contribution in [-0.4, -0.2) is 51.9 Å². The van der Waals surface area contributed by atoms with Gasteiger partial charge in [-0.2, -0.15) is 13.2 Å². The molecule has 0 bridgehead atoms. The molecular weight excluding hydrogens is 599 g/mol. The van der Waals surface area contributed by atoms with Crippen molar-refractivity contribution < 1.29 is 37.3 Å². The fourth-order valence-electron chi connectivity index (χ4n) is 5.89. The zero-order valence-corrected chi connectivity index (χ0v) is 24.9. The van der Waals surface area contributed by atoms with Gasteiger partial charge >= 0.3 is 12.1 Å². The average Bonchev–Trinajstić information content (AvgIpc) is 3.30. The van der Waals surface area contributed by atoms with Crippen LogP contribution in [0.3, 0.4) is 0 Å². The van der Waals surface area contributed by atoms with E-state index in [0.717, 1.165) is 17.8 Å². The number of alkyl halides is 3. The van der Waals surface area contributed by atoms with Gasteiger partial charge in [-0.1, -0.05) is 17.7 Å². The standard InChI is InChI=1S/C32H31ClF3N3O5/c1-18-24-14-29(44-17-21-3-5-22(33)13-28(21)42-2)25(32(34,35)36)11-19(24)7-9-38(18)16-30-37-26-6-4-20(31(40)41)12-27(26)39(30)15-23-8-10-43-23/h3-6,11-14,18,23H,7-10,15-17H2,1-2H3,(H,40,41)/t18-,23-/m0/s1. The van der Waals surface area contributed by atoms with Crippen LogP contribution >= 0.6 is 11.6 Å². The first kappa shape index (κ1) is 30.2. The third-order valence-electron chi connectivity index (χ3n) is 8.44. The normalized spacial score (nSPS) is 18.6. The molecule has 0 amide bonds. The van der Waals surface area contributed by atoms with Crippen LogP contribution in [0.5, 0.6) is 11.5 Å². The molecule has 3 aromatic carbocycles. The van der Waals surface area contributed by atoms with Gasteiger partial charge in [-0.15, -0.1) is 0 Å². The summed E-state index contributed by atoms with van der Waals surface area (Å²) in [4.78, 5) is 18.7. The Bertz CT molecular complexity index is 1720. The Morgan fingerprint density at radius 2 is 1.95 bits per heavy atom. The lowest BCUT2D eigenvalue weighted by Crippen LogP contribution is -2.36. The molecule has 0 aliphatic carbocycles. The number of halogens is 4. The summed E-state index contributed by atoms with van der Waals surface area (Å²) in [7, 11) is 1.46. The van der Waals surface area contributed by atoms with Crippen molar-refractivity contribution in [1.82, 2.24) is 14.5 Å². The number of carboxylic acid groups (broad SMARTS) is 1. The Hall–Kier alpha value is -3.80. The minimum absolute atomic E-state index is 0.0129. The highest BCUT2D eigenvalue weighted by molar-refractivity contribution is 6.30. The minimum atomic E-state index is -4.60. The van der Waals surface area contributed by atoms with Crippen molar-refractivity contribution >= 4 is 28.6 Å². The predicted molar refractivity (Wildman–Crippen MR) is 157 cm³/mol. The molecular formula is C32H31ClF3N3O5. The largest absolute Gasteiger partial charge is 0.496 e. The maximum atomic E-state index is 14.2. The van der Waals surface area contributed by atoms with Gasteiger partial charge < -0.3 is 23.9 Å². The molecule has 6 rings (SSSR count). The molecule has 1 saturated heterocycles. The lowest BCUT2D eigenvalue weighted by molar-refractivity contribution is -0.139. The number of carbonyl (C=O) groups is 1. The molecule has 0 unspecified atom stereocenters. The van der Waals surface area contributed by atoms with Crippen LogP contribution in [0.2, 0.25) is 5.02 Å². The zero-order chi connectivity index (χ0) is 31.2. The summed E-state index contributed by atoms with van der Waals surface area (Å²) >= 11 is 6.04. The summed E-state index contributed by atoms with van der Waals surface area (Å²) < 4.78 is 61.4. The minimum Gasteiger partial charge on any atom is -0.496 e. The topological polar surface area (TPSA) is 86.0 Å². The monoisotopic (exact) mass is 629 g/mol. The van der Waals surface area contributed by atoms with E-state index in [-0.39, 0.29) is 30.1 Å². The maximum Gasteiger partial charge on any atom is 0.419 e. The molecule has 12 heteroatoms. The molecule has 2 atom stereocenters. The zero-order valence-electron chi connectivity index (χ0n) is 24.2. The highest BCUT2D eigenvalue weighted by Gasteiger charge is 2.37. The van der Waals surface area contributed by atoms with Gasteiger partial charge in [-0.3, -0.25) is 4.90 Å². The van der Waals surface area contributed by atoms with E-state index in [0.29, 0.717) is 65.6 Å². The molecule has 4 aromatic rings. The second-order valence-electron chi connectivity index (χ2n) is 11.1. The third-order valence-corrected chi connectivity index (χ3v) is 8.68. The SMILES string of the molecule is COc1cc(Cl)ccc1COc1cc2c(cc1C(F)(F)F)CCN(Cc1nc3ccc(C(=O)O)cc3n1C[C@@H]1CCO1)[C@H]2C. The summed E-state index contributed by atoms with van der Waals surface area (Å²) in [6.07, 6.45) is -3.27. The molecule has 0 saturated carbocycles. The Morgan fingerprint density at radius 1 is 1.16 bits per heavy atom. The van der Waals surface area contributed by atoms with Gasteiger partial charge in [0.2, 0.25) is 0 Å². The van der Waals surface area contributed by atoms with Crippen LogP contribution in [0.15, 0.2) is 48.5 Å². The molecule has 1 fully saturated rings. The highest BCUT2D eigenvalue weighted by atomic mass is 35.5. The number of aromatic carboxylic acids is 1. The van der Waals surface area contributed by atoms with Crippen molar-refractivity contribution in [3.63, 3.8) is 0 Å². The molecule has 3 heterocycles. The number of rotatable bonds is 9. The van der Waals surface area contributed by atoms with Crippen LogP contribution < -0.4 is 9.47 Å². The maximum absolute atomic E-state index is 14.2. The average molecular weight is 630 g/mol. The Balaban J connectivity index is 1.30. The number of methoxy groups -OCH3 is 1. The van der Waals surface area contributed by atoms with Crippen LogP contribution in [0.25, 0.3) is 11.0 Å². The first-order valence-corrected chi connectivity index (χ1v) is 14.7. The van der Waals surface area contributed by atoms with Gasteiger partial charge in [0.05, 0.1) is 48.5 Å². The van der Waals surface area contributed by atoms with Gasteiger partial charge in [0.15, 0.2) is 0 Å². The van der Waals surface area contributed by atoms with Crippen molar-refractivity contribution in [3.05, 3.63) is 87.2 Å². The molecule has 0 spiro atoms. The van der Waals surface area contributed by atoms with E-state index in [2.05, 4.69) is 4.90 Å². The lowest BCUT2D eigenvalue weighted by atomic mass is 9.91. The molecule has 1 aromatic heterocycles. The van der Waals surface area contributed by atoms with Gasteiger partial charge in [-0.25, -0.2) is 9.78 Å². The second-order valence-corrected chi connectivity index (χ2v) is 11.6. The van der Waals surface area contributed by atoms with Crippen molar-refractivity contribution in [2.24, 2.45) is 0 Å². The number of fused-ring (bicyclic) bond motifs is 2. The summed E-state index contributed by atoms with van der Waals surface area (Å²) in [5, 5.41) is 9.99. The number of hydrogen-bond acceptors (Lipinski definition) is 6. The van der Waals surface area contributed by atoms with E-state index in [4.69, 9.17) is 30.8 Å². The molecule has 44 heavy (non-hydrogen) atoms. The molecule has 2 aliphatic rings. The number of carboxylic acids is 1. The van der Waals surface area contributed by atoms with Gasteiger partial charge in [0.1, 0.15) is 23.9 Å². The summed E-state index contributed by atoms with van der Waals surface area (Å²) in [6, 6.07) is 12.2. The summed E-state index contributed by atoms with van der Waals surface area (Å²) in [6.45, 7) is 3.99. The number of benzene rings is 3. The highest BCUT2D eigenvalue weighted by Crippen LogP contribution is 2.42. The van der Waals surface area contributed by atoms with E-state index in [1.54, 1.807) is 30.3 Å². The van der Waals surface area contributed by atoms with Crippen molar-refractivity contribution in [2.45, 2.75) is 57.8 Å². The first-order chi connectivity index (χ1) is 21.0. The quantitative estimate of drug-likeness (QED) is 0.215. The number of imidazole rings is 1. The lowest BCUT2D eigenvalue weighted by Gasteiger charge is -2.36. The van der Waals surface area contributed by atoms with Gasteiger partial charge in [-0.05, 0) is 73.4 Å². The third kappa shape index (κ3) is 5.96. The summed E-state index contributed by atoms with van der Waals surface area (Å²) in [5.41, 5.74) is 2.69. The second kappa shape index (κ2) is 11.9. The van der Waals surface area contributed by atoms with Crippen LogP contribution in [-0.2, 0) is 37.0 Å². The van der Waals surface area contributed by atoms with Crippen molar-refractivity contribution in [1.29, 1.82) is 0 Å². The number of aromatic nitrogens is 2. The number of nitrogens with zero attached hydrogens (tertiary/aromatic N) is 3. The van der Waals surface area contributed by atoms with Crippen molar-refractivity contribution in [3.8, 4) is 11.5 Å². The Morgan fingerprint density at radius 3 is 2.64 bits per heavy atom. The molecule has 8 nitrogen and oxygen atoms in total.